The molecule has 0 atom stereocenters. The summed E-state index contributed by atoms with van der Waals surface area (Å²) in [4.78, 5) is 29.8. The van der Waals surface area contributed by atoms with Crippen LogP contribution < -0.4 is 10.2 Å². The number of hydrogen-bond donors (Lipinski definition) is 1. The SMILES string of the molecule is O=C(CSc1ccc(Cl)cc1)Nc1ccc(N2CCN(C(=O)c3ccc(F)cc3)CC2)cc1. The van der Waals surface area contributed by atoms with Crippen molar-refractivity contribution in [3.63, 3.8) is 0 Å². The summed E-state index contributed by atoms with van der Waals surface area (Å²) in [6.45, 7) is 2.60. The highest BCUT2D eigenvalue weighted by atomic mass is 35.5. The lowest BCUT2D eigenvalue weighted by Crippen LogP contribution is -2.48. The monoisotopic (exact) mass is 483 g/mol. The molecule has 0 spiro atoms. The topological polar surface area (TPSA) is 52.7 Å². The molecule has 1 aliphatic rings. The molecule has 0 aliphatic carbocycles. The van der Waals surface area contributed by atoms with Crippen molar-refractivity contribution in [1.82, 2.24) is 4.90 Å². The van der Waals surface area contributed by atoms with E-state index in [0.717, 1.165) is 16.3 Å². The summed E-state index contributed by atoms with van der Waals surface area (Å²) in [5.74, 6) is -0.191. The zero-order valence-electron chi connectivity index (χ0n) is 17.8. The Hall–Kier alpha value is -3.03. The molecule has 1 heterocycles. The molecular weight excluding hydrogens is 461 g/mol. The molecule has 2 amide bonds. The van der Waals surface area contributed by atoms with Gasteiger partial charge in [-0.3, -0.25) is 9.59 Å². The van der Waals surface area contributed by atoms with Gasteiger partial charge in [0, 0.05) is 53.0 Å². The third-order valence-corrected chi connectivity index (χ3v) is 6.62. The Morgan fingerprint density at radius 1 is 0.879 bits per heavy atom. The van der Waals surface area contributed by atoms with E-state index in [4.69, 9.17) is 11.6 Å². The molecule has 1 aliphatic heterocycles. The molecular formula is C25H23ClFN3O2S. The van der Waals surface area contributed by atoms with Gasteiger partial charge in [0.05, 0.1) is 5.75 Å². The van der Waals surface area contributed by atoms with Crippen LogP contribution in [0.25, 0.3) is 0 Å². The van der Waals surface area contributed by atoms with Gasteiger partial charge in [0.2, 0.25) is 5.91 Å². The fourth-order valence-electron chi connectivity index (χ4n) is 3.58. The Kier molecular flexibility index (Phi) is 7.52. The second-order valence-corrected chi connectivity index (χ2v) is 9.11. The van der Waals surface area contributed by atoms with Gasteiger partial charge in [-0.25, -0.2) is 4.39 Å². The summed E-state index contributed by atoms with van der Waals surface area (Å²) in [6, 6.07) is 20.8. The van der Waals surface area contributed by atoms with Crippen LogP contribution in [0.15, 0.2) is 77.7 Å². The summed E-state index contributed by atoms with van der Waals surface area (Å²) in [7, 11) is 0. The second kappa shape index (κ2) is 10.7. The van der Waals surface area contributed by atoms with Crippen LogP contribution in [-0.2, 0) is 4.79 Å². The van der Waals surface area contributed by atoms with Crippen molar-refractivity contribution < 1.29 is 14.0 Å². The smallest absolute Gasteiger partial charge is 0.253 e. The zero-order valence-corrected chi connectivity index (χ0v) is 19.4. The first-order chi connectivity index (χ1) is 16.0. The van der Waals surface area contributed by atoms with Gasteiger partial charge in [0.15, 0.2) is 0 Å². The first-order valence-corrected chi connectivity index (χ1v) is 11.9. The number of hydrogen-bond acceptors (Lipinski definition) is 4. The van der Waals surface area contributed by atoms with E-state index in [1.54, 1.807) is 17.0 Å². The zero-order chi connectivity index (χ0) is 23.2. The van der Waals surface area contributed by atoms with Gasteiger partial charge >= 0.3 is 0 Å². The predicted molar refractivity (Wildman–Crippen MR) is 132 cm³/mol. The molecule has 170 valence electrons. The van der Waals surface area contributed by atoms with Crippen LogP contribution in [-0.4, -0.2) is 48.6 Å². The maximum absolute atomic E-state index is 13.1. The largest absolute Gasteiger partial charge is 0.368 e. The number of nitrogens with zero attached hydrogens (tertiary/aromatic N) is 2. The normalized spacial score (nSPS) is 13.6. The number of amides is 2. The fraction of sp³-hybridized carbons (Fsp3) is 0.200. The van der Waals surface area contributed by atoms with Crippen LogP contribution >= 0.6 is 23.4 Å². The average Bonchev–Trinajstić information content (AvgIpc) is 2.84. The first-order valence-electron chi connectivity index (χ1n) is 10.6. The molecule has 4 rings (SSSR count). The van der Waals surface area contributed by atoms with Crippen molar-refractivity contribution >= 4 is 46.6 Å². The van der Waals surface area contributed by atoms with Gasteiger partial charge in [-0.2, -0.15) is 0 Å². The van der Waals surface area contributed by atoms with Gasteiger partial charge in [-0.15, -0.1) is 11.8 Å². The van der Waals surface area contributed by atoms with E-state index in [2.05, 4.69) is 10.2 Å². The highest BCUT2D eigenvalue weighted by Gasteiger charge is 2.22. The van der Waals surface area contributed by atoms with Crippen molar-refractivity contribution in [3.8, 4) is 0 Å². The fourth-order valence-corrected chi connectivity index (χ4v) is 4.40. The van der Waals surface area contributed by atoms with Crippen molar-refractivity contribution in [1.29, 1.82) is 0 Å². The summed E-state index contributed by atoms with van der Waals surface area (Å²) in [5.41, 5.74) is 2.28. The van der Waals surface area contributed by atoms with E-state index < -0.39 is 0 Å². The van der Waals surface area contributed by atoms with Crippen molar-refractivity contribution in [3.05, 3.63) is 89.2 Å². The average molecular weight is 484 g/mol. The highest BCUT2D eigenvalue weighted by Crippen LogP contribution is 2.22. The van der Waals surface area contributed by atoms with Crippen molar-refractivity contribution in [2.45, 2.75) is 4.90 Å². The molecule has 1 saturated heterocycles. The van der Waals surface area contributed by atoms with Crippen LogP contribution in [0, 0.1) is 5.82 Å². The van der Waals surface area contributed by atoms with E-state index >= 15 is 0 Å². The number of anilines is 2. The maximum atomic E-state index is 13.1. The van der Waals surface area contributed by atoms with Crippen molar-refractivity contribution in [2.75, 3.05) is 42.1 Å². The lowest BCUT2D eigenvalue weighted by molar-refractivity contribution is -0.113. The molecule has 8 heteroatoms. The van der Waals surface area contributed by atoms with Gasteiger partial charge < -0.3 is 15.1 Å². The number of rotatable bonds is 6. The summed E-state index contributed by atoms with van der Waals surface area (Å²) < 4.78 is 13.1. The molecule has 5 nitrogen and oxygen atoms in total. The lowest BCUT2D eigenvalue weighted by atomic mass is 10.1. The lowest BCUT2D eigenvalue weighted by Gasteiger charge is -2.36. The van der Waals surface area contributed by atoms with E-state index in [1.807, 2.05) is 36.4 Å². The number of nitrogens with one attached hydrogen (secondary N) is 1. The minimum Gasteiger partial charge on any atom is -0.368 e. The van der Waals surface area contributed by atoms with Gasteiger partial charge in [0.1, 0.15) is 5.82 Å². The van der Waals surface area contributed by atoms with Crippen LogP contribution in [0.4, 0.5) is 15.8 Å². The van der Waals surface area contributed by atoms with E-state index in [9.17, 15) is 14.0 Å². The Labute approximate surface area is 201 Å². The summed E-state index contributed by atoms with van der Waals surface area (Å²) in [6.07, 6.45) is 0. The van der Waals surface area contributed by atoms with Crippen LogP contribution in [0.1, 0.15) is 10.4 Å². The quantitative estimate of drug-likeness (QED) is 0.491. The number of halogens is 2. The van der Waals surface area contributed by atoms with Gasteiger partial charge in [-0.05, 0) is 72.8 Å². The Bertz CT molecular complexity index is 1100. The van der Waals surface area contributed by atoms with Crippen LogP contribution in [0.2, 0.25) is 5.02 Å². The summed E-state index contributed by atoms with van der Waals surface area (Å²) in [5, 5.41) is 3.58. The molecule has 3 aromatic carbocycles. The molecule has 3 aromatic rings. The molecule has 1 N–H and O–H groups in total. The Balaban J connectivity index is 1.25. The van der Waals surface area contributed by atoms with Crippen LogP contribution in [0.3, 0.4) is 0 Å². The van der Waals surface area contributed by atoms with Gasteiger partial charge in [0.25, 0.3) is 5.91 Å². The number of carbonyl (C=O) groups is 2. The third kappa shape index (κ3) is 6.27. The maximum Gasteiger partial charge on any atom is 0.253 e. The van der Waals surface area contributed by atoms with Crippen LogP contribution in [0.5, 0.6) is 0 Å². The molecule has 0 unspecified atom stereocenters. The molecule has 0 radical (unpaired) electrons. The van der Waals surface area contributed by atoms with E-state index in [1.165, 1.54) is 36.0 Å². The van der Waals surface area contributed by atoms with Gasteiger partial charge in [-0.1, -0.05) is 11.6 Å². The molecule has 0 saturated carbocycles. The number of carbonyl (C=O) groups excluding carboxylic acids is 2. The third-order valence-electron chi connectivity index (χ3n) is 5.36. The Morgan fingerprint density at radius 3 is 2.15 bits per heavy atom. The van der Waals surface area contributed by atoms with E-state index in [-0.39, 0.29) is 17.6 Å². The van der Waals surface area contributed by atoms with E-state index in [0.29, 0.717) is 42.5 Å². The second-order valence-electron chi connectivity index (χ2n) is 7.62. The Morgan fingerprint density at radius 2 is 1.52 bits per heavy atom. The standard InChI is InChI=1S/C25H23ClFN3O2S/c26-19-3-11-23(12-4-19)33-17-24(31)28-21-7-9-22(10-8-21)29-13-15-30(16-14-29)25(32)18-1-5-20(27)6-2-18/h1-12H,13-17H2,(H,28,31). The predicted octanol–water partition coefficient (Wildman–Crippen LogP) is 5.17. The molecule has 0 bridgehead atoms. The minimum atomic E-state index is -0.351. The first kappa shape index (κ1) is 23.1. The molecule has 1 fully saturated rings. The number of piperazine rings is 1. The summed E-state index contributed by atoms with van der Waals surface area (Å²) >= 11 is 7.34. The van der Waals surface area contributed by atoms with Crippen molar-refractivity contribution in [2.24, 2.45) is 0 Å². The molecule has 0 aromatic heterocycles. The number of thioether (sulfide) groups is 1. The molecule has 33 heavy (non-hydrogen) atoms. The number of benzene rings is 3. The minimum absolute atomic E-state index is 0.0735. The highest BCUT2D eigenvalue weighted by molar-refractivity contribution is 8.00.